The summed E-state index contributed by atoms with van der Waals surface area (Å²) in [6, 6.07) is 4.40. The molecule has 0 saturated heterocycles. The number of carbonyl (C=O) groups is 1. The van der Waals surface area contributed by atoms with Crippen molar-refractivity contribution in [2.24, 2.45) is 0 Å². The fourth-order valence-corrected chi connectivity index (χ4v) is 6.07. The van der Waals surface area contributed by atoms with Crippen molar-refractivity contribution in [1.29, 1.82) is 0 Å². The van der Waals surface area contributed by atoms with Crippen LogP contribution in [-0.2, 0) is 4.79 Å². The van der Waals surface area contributed by atoms with Crippen LogP contribution in [0.25, 0.3) is 5.57 Å². The minimum absolute atomic E-state index is 0.117. The van der Waals surface area contributed by atoms with Crippen LogP contribution >= 0.6 is 0 Å². The Kier molecular flexibility index (Phi) is 11.6. The number of ether oxygens (including phenoxy) is 2. The van der Waals surface area contributed by atoms with Gasteiger partial charge in [-0.2, -0.15) is 0 Å². The van der Waals surface area contributed by atoms with E-state index in [1.165, 1.54) is 61.7 Å². The highest BCUT2D eigenvalue weighted by Gasteiger charge is 2.38. The Morgan fingerprint density at radius 3 is 2.46 bits per heavy atom. The molecule has 1 aliphatic heterocycles. The Balaban J connectivity index is 1.80. The van der Waals surface area contributed by atoms with Crippen molar-refractivity contribution in [3.63, 3.8) is 0 Å². The van der Waals surface area contributed by atoms with Crippen molar-refractivity contribution in [2.45, 2.75) is 137 Å². The van der Waals surface area contributed by atoms with E-state index in [2.05, 4.69) is 58.6 Å². The van der Waals surface area contributed by atoms with Gasteiger partial charge in [-0.1, -0.05) is 59.8 Å². The van der Waals surface area contributed by atoms with Crippen LogP contribution in [0.1, 0.15) is 142 Å². The topological polar surface area (TPSA) is 38.8 Å². The van der Waals surface area contributed by atoms with Crippen LogP contribution in [0, 0.1) is 0 Å². The average Bonchev–Trinajstić information content (AvgIpc) is 2.88. The van der Waals surface area contributed by atoms with Gasteiger partial charge in [-0.15, -0.1) is 0 Å². The van der Waals surface area contributed by atoms with Gasteiger partial charge >= 0.3 is 5.97 Å². The number of nitrogens with zero attached hydrogens (tertiary/aromatic N) is 1. The highest BCUT2D eigenvalue weighted by molar-refractivity contribution is 5.84. The lowest BCUT2D eigenvalue weighted by molar-refractivity contribution is -0.134. The first-order valence-electron chi connectivity index (χ1n) is 15.3. The lowest BCUT2D eigenvalue weighted by Gasteiger charge is -2.40. The average molecular weight is 512 g/mol. The summed E-state index contributed by atoms with van der Waals surface area (Å²) < 4.78 is 12.8. The van der Waals surface area contributed by atoms with Gasteiger partial charge < -0.3 is 14.4 Å². The molecule has 0 saturated carbocycles. The van der Waals surface area contributed by atoms with Crippen molar-refractivity contribution in [1.82, 2.24) is 4.90 Å². The third kappa shape index (κ3) is 8.09. The molecule has 1 unspecified atom stereocenters. The quantitative estimate of drug-likeness (QED) is 0.134. The van der Waals surface area contributed by atoms with E-state index in [4.69, 9.17) is 9.47 Å². The van der Waals surface area contributed by atoms with Crippen molar-refractivity contribution in [3.05, 3.63) is 28.8 Å². The largest absolute Gasteiger partial charge is 0.483 e. The zero-order valence-electron chi connectivity index (χ0n) is 24.7. The molecule has 1 atom stereocenters. The van der Waals surface area contributed by atoms with Gasteiger partial charge in [-0.3, -0.25) is 4.79 Å². The monoisotopic (exact) mass is 511 g/mol. The van der Waals surface area contributed by atoms with Crippen molar-refractivity contribution < 1.29 is 14.3 Å². The number of rotatable bonds is 15. The smallest absolute Gasteiger partial charge is 0.311 e. The number of hydrogen-bond acceptors (Lipinski definition) is 4. The molecule has 0 spiro atoms. The second-order valence-electron chi connectivity index (χ2n) is 11.7. The normalized spacial score (nSPS) is 17.3. The summed E-state index contributed by atoms with van der Waals surface area (Å²) in [6.07, 6.45) is 14.4. The van der Waals surface area contributed by atoms with Crippen molar-refractivity contribution in [2.75, 3.05) is 19.6 Å². The summed E-state index contributed by atoms with van der Waals surface area (Å²) in [7, 11) is 0. The molecule has 1 heterocycles. The van der Waals surface area contributed by atoms with E-state index in [1.54, 1.807) is 0 Å². The van der Waals surface area contributed by atoms with E-state index in [1.807, 2.05) is 0 Å². The lowest BCUT2D eigenvalue weighted by Crippen LogP contribution is -2.36. The molecule has 1 aliphatic carbocycles. The maximum atomic E-state index is 13.0. The van der Waals surface area contributed by atoms with E-state index >= 15 is 0 Å². The number of unbranched alkanes of at least 4 members (excludes halogenated alkanes) is 5. The summed E-state index contributed by atoms with van der Waals surface area (Å²) in [4.78, 5) is 15.4. The molecule has 0 amide bonds. The highest BCUT2D eigenvalue weighted by Crippen LogP contribution is 2.51. The van der Waals surface area contributed by atoms with E-state index in [0.29, 0.717) is 12.3 Å². The van der Waals surface area contributed by atoms with E-state index in [9.17, 15) is 4.79 Å². The van der Waals surface area contributed by atoms with Gasteiger partial charge in [0.05, 0.1) is 5.56 Å². The molecule has 3 rings (SSSR count). The summed E-state index contributed by atoms with van der Waals surface area (Å²) >= 11 is 0. The molecular weight excluding hydrogens is 458 g/mol. The number of benzene rings is 1. The standard InChI is InChI=1S/C33H53NO3/c1-7-10-11-12-13-18-25(4)26-23-29(36-31(35)21-16-17-22-34(8-2)9-3)32-27-19-14-15-20-28(27)33(5,6)37-30(32)24-26/h23-25H,7-22H2,1-6H3. The molecule has 0 radical (unpaired) electrons. The van der Waals surface area contributed by atoms with E-state index in [0.717, 1.165) is 68.8 Å². The third-order valence-electron chi connectivity index (χ3n) is 8.48. The van der Waals surface area contributed by atoms with Crippen LogP contribution in [0.3, 0.4) is 0 Å². The second-order valence-corrected chi connectivity index (χ2v) is 11.7. The molecule has 0 fully saturated rings. The molecular formula is C33H53NO3. The minimum Gasteiger partial charge on any atom is -0.483 e. The first-order chi connectivity index (χ1) is 17.8. The molecule has 0 bridgehead atoms. The van der Waals surface area contributed by atoms with Gasteiger partial charge in [0.2, 0.25) is 0 Å². The van der Waals surface area contributed by atoms with Crippen molar-refractivity contribution in [3.8, 4) is 11.5 Å². The zero-order valence-corrected chi connectivity index (χ0v) is 24.7. The molecule has 4 nitrogen and oxygen atoms in total. The minimum atomic E-state index is -0.309. The van der Waals surface area contributed by atoms with Crippen LogP contribution in [-0.4, -0.2) is 36.1 Å². The molecule has 4 heteroatoms. The predicted molar refractivity (Wildman–Crippen MR) is 156 cm³/mol. The Morgan fingerprint density at radius 2 is 1.73 bits per heavy atom. The van der Waals surface area contributed by atoms with Gasteiger partial charge in [-0.25, -0.2) is 0 Å². The van der Waals surface area contributed by atoms with Gasteiger partial charge in [-0.05, 0) is 113 Å². The Bertz CT molecular complexity index is 912. The Hall–Kier alpha value is -1.81. The number of hydrogen-bond donors (Lipinski definition) is 0. The highest BCUT2D eigenvalue weighted by atomic mass is 16.5. The number of allylic oxidation sites excluding steroid dienone is 1. The zero-order chi connectivity index (χ0) is 26.8. The third-order valence-corrected chi connectivity index (χ3v) is 8.48. The first-order valence-corrected chi connectivity index (χ1v) is 15.3. The van der Waals surface area contributed by atoms with Crippen molar-refractivity contribution >= 4 is 11.5 Å². The van der Waals surface area contributed by atoms with Crippen LogP contribution in [0.5, 0.6) is 11.5 Å². The van der Waals surface area contributed by atoms with Gasteiger partial charge in [0.25, 0.3) is 0 Å². The second kappa shape index (κ2) is 14.4. The van der Waals surface area contributed by atoms with Gasteiger partial charge in [0.15, 0.2) is 0 Å². The number of carbonyl (C=O) groups excluding carboxylic acids is 1. The van der Waals surface area contributed by atoms with E-state index < -0.39 is 0 Å². The summed E-state index contributed by atoms with van der Waals surface area (Å²) in [6.45, 7) is 16.5. The first kappa shape index (κ1) is 29.7. The van der Waals surface area contributed by atoms with E-state index in [-0.39, 0.29) is 11.6 Å². The van der Waals surface area contributed by atoms with Crippen LogP contribution in [0.4, 0.5) is 0 Å². The lowest BCUT2D eigenvalue weighted by atomic mass is 9.77. The summed E-state index contributed by atoms with van der Waals surface area (Å²) in [5.74, 6) is 1.93. The summed E-state index contributed by atoms with van der Waals surface area (Å²) in [5, 5.41) is 0. The fourth-order valence-electron chi connectivity index (χ4n) is 6.07. The van der Waals surface area contributed by atoms with Crippen LogP contribution in [0.2, 0.25) is 0 Å². The fraction of sp³-hybridized carbons (Fsp3) is 0.727. The molecule has 37 heavy (non-hydrogen) atoms. The predicted octanol–water partition coefficient (Wildman–Crippen LogP) is 9.07. The molecule has 0 aromatic heterocycles. The van der Waals surface area contributed by atoms with Crippen LogP contribution in [0.15, 0.2) is 17.7 Å². The van der Waals surface area contributed by atoms with Gasteiger partial charge in [0, 0.05) is 6.42 Å². The number of esters is 1. The maximum Gasteiger partial charge on any atom is 0.311 e. The SMILES string of the molecule is CCCCCCCC(C)c1cc(OC(=O)CCCCN(CC)CC)c2c(c1)OC(C)(C)C1=C2CCCC1. The molecule has 1 aromatic rings. The number of fused-ring (bicyclic) bond motifs is 2. The Labute approximate surface area is 227 Å². The molecule has 0 N–H and O–H groups in total. The Morgan fingerprint density at radius 1 is 1.00 bits per heavy atom. The summed E-state index contributed by atoms with van der Waals surface area (Å²) in [5.41, 5.74) is 4.72. The molecule has 208 valence electrons. The van der Waals surface area contributed by atoms with Crippen LogP contribution < -0.4 is 9.47 Å². The van der Waals surface area contributed by atoms with Gasteiger partial charge in [0.1, 0.15) is 17.1 Å². The molecule has 1 aromatic carbocycles. The molecule has 2 aliphatic rings. The maximum absolute atomic E-state index is 13.0.